The average molecular weight is 287 g/mol. The molecular formula is C15H17N3OS. The summed E-state index contributed by atoms with van der Waals surface area (Å²) >= 11 is 1.31. The molecule has 1 aliphatic carbocycles. The summed E-state index contributed by atoms with van der Waals surface area (Å²) in [4.78, 5) is 15.5. The Morgan fingerprint density at radius 1 is 1.30 bits per heavy atom. The van der Waals surface area contributed by atoms with Gasteiger partial charge in [-0.25, -0.2) is 4.98 Å². The van der Waals surface area contributed by atoms with E-state index in [-0.39, 0.29) is 5.91 Å². The lowest BCUT2D eigenvalue weighted by atomic mass is 9.90. The molecule has 4 nitrogen and oxygen atoms in total. The van der Waals surface area contributed by atoms with Crippen molar-refractivity contribution < 1.29 is 4.79 Å². The Hall–Kier alpha value is -1.88. The van der Waals surface area contributed by atoms with Crippen LogP contribution < -0.4 is 11.1 Å². The molecule has 0 spiro atoms. The van der Waals surface area contributed by atoms with E-state index in [1.54, 1.807) is 0 Å². The fourth-order valence-electron chi connectivity index (χ4n) is 2.62. The van der Waals surface area contributed by atoms with E-state index in [0.29, 0.717) is 10.1 Å². The number of amides is 1. The second-order valence-corrected chi connectivity index (χ2v) is 6.13. The third-order valence-electron chi connectivity index (χ3n) is 3.56. The number of benzene rings is 1. The highest BCUT2D eigenvalue weighted by Gasteiger charge is 2.15. The zero-order valence-electron chi connectivity index (χ0n) is 11.4. The minimum Gasteiger partial charge on any atom is -0.389 e. The van der Waals surface area contributed by atoms with Crippen LogP contribution in [0.3, 0.4) is 0 Å². The number of carbonyl (C=O) groups is 1. The highest BCUT2D eigenvalue weighted by molar-refractivity contribution is 7.20. The highest BCUT2D eigenvalue weighted by atomic mass is 32.1. The number of rotatable bonds is 2. The zero-order valence-corrected chi connectivity index (χ0v) is 12.2. The number of hydrogen-bond donors (Lipinski definition) is 2. The maximum atomic E-state index is 11.1. The first-order valence-electron chi connectivity index (χ1n) is 6.79. The van der Waals surface area contributed by atoms with E-state index in [1.165, 1.54) is 48.6 Å². The van der Waals surface area contributed by atoms with Gasteiger partial charge < -0.3 is 11.1 Å². The molecule has 0 atom stereocenters. The van der Waals surface area contributed by atoms with E-state index in [2.05, 4.69) is 28.5 Å². The molecule has 1 aromatic carbocycles. The van der Waals surface area contributed by atoms with Gasteiger partial charge in [-0.1, -0.05) is 23.5 Å². The van der Waals surface area contributed by atoms with Crippen LogP contribution >= 0.6 is 11.3 Å². The van der Waals surface area contributed by atoms with Gasteiger partial charge >= 0.3 is 0 Å². The summed E-state index contributed by atoms with van der Waals surface area (Å²) < 4.78 is 0. The lowest BCUT2D eigenvalue weighted by Crippen LogP contribution is -2.05. The van der Waals surface area contributed by atoms with Gasteiger partial charge in [0.05, 0.1) is 0 Å². The lowest BCUT2D eigenvalue weighted by Gasteiger charge is -2.16. The van der Waals surface area contributed by atoms with E-state index in [0.717, 1.165) is 17.7 Å². The summed E-state index contributed by atoms with van der Waals surface area (Å²) in [5.41, 5.74) is 10.7. The van der Waals surface area contributed by atoms with Crippen LogP contribution in [0.2, 0.25) is 0 Å². The molecule has 20 heavy (non-hydrogen) atoms. The third-order valence-corrected chi connectivity index (χ3v) is 4.36. The molecule has 3 rings (SSSR count). The number of aromatic nitrogens is 1. The zero-order chi connectivity index (χ0) is 14.1. The molecule has 0 radical (unpaired) electrons. The molecule has 0 unspecified atom stereocenters. The molecule has 0 saturated carbocycles. The predicted molar refractivity (Wildman–Crippen MR) is 82.9 cm³/mol. The van der Waals surface area contributed by atoms with Gasteiger partial charge in [-0.3, -0.25) is 4.79 Å². The first-order valence-corrected chi connectivity index (χ1v) is 7.61. The van der Waals surface area contributed by atoms with Crippen molar-refractivity contribution in [2.75, 3.05) is 11.1 Å². The number of fused-ring (bicyclic) bond motifs is 1. The predicted octanol–water partition coefficient (Wildman–Crippen LogP) is 3.23. The molecule has 1 aromatic heterocycles. The van der Waals surface area contributed by atoms with Crippen LogP contribution in [0.1, 0.15) is 30.9 Å². The number of carbonyl (C=O) groups excluding carboxylic acids is 1. The van der Waals surface area contributed by atoms with Crippen molar-refractivity contribution >= 4 is 27.4 Å². The summed E-state index contributed by atoms with van der Waals surface area (Å²) in [5.74, 6) is -0.129. The smallest absolute Gasteiger partial charge is 0.223 e. The fraction of sp³-hybridized carbons (Fsp3) is 0.333. The minimum absolute atomic E-state index is 0.129. The van der Waals surface area contributed by atoms with Crippen LogP contribution in [0.4, 0.5) is 10.1 Å². The van der Waals surface area contributed by atoms with Crippen molar-refractivity contribution in [2.24, 2.45) is 0 Å². The van der Waals surface area contributed by atoms with E-state index < -0.39 is 0 Å². The molecule has 2 aromatic rings. The van der Waals surface area contributed by atoms with Crippen LogP contribution in [0.15, 0.2) is 18.2 Å². The quantitative estimate of drug-likeness (QED) is 0.891. The second-order valence-electron chi connectivity index (χ2n) is 5.10. The summed E-state index contributed by atoms with van der Waals surface area (Å²) in [5, 5.41) is 3.89. The Bertz CT molecular complexity index is 663. The molecule has 0 fully saturated rings. The van der Waals surface area contributed by atoms with Crippen molar-refractivity contribution in [1.82, 2.24) is 4.98 Å². The Kier molecular flexibility index (Phi) is 3.44. The molecule has 5 heteroatoms. The largest absolute Gasteiger partial charge is 0.389 e. The summed E-state index contributed by atoms with van der Waals surface area (Å²) in [6, 6.07) is 6.45. The van der Waals surface area contributed by atoms with Crippen molar-refractivity contribution in [3.63, 3.8) is 0 Å². The number of nitrogen functional groups attached to an aromatic ring is 1. The Morgan fingerprint density at radius 3 is 2.80 bits per heavy atom. The van der Waals surface area contributed by atoms with Crippen molar-refractivity contribution in [3.8, 4) is 11.3 Å². The van der Waals surface area contributed by atoms with E-state index >= 15 is 0 Å². The summed E-state index contributed by atoms with van der Waals surface area (Å²) in [6.07, 6.45) is 4.82. The van der Waals surface area contributed by atoms with Crippen molar-refractivity contribution in [3.05, 3.63) is 29.3 Å². The Labute approximate surface area is 122 Å². The van der Waals surface area contributed by atoms with Gasteiger partial charge in [0.2, 0.25) is 5.91 Å². The third kappa shape index (κ3) is 2.54. The number of hydrogen-bond acceptors (Lipinski definition) is 4. The fourth-order valence-corrected chi connectivity index (χ4v) is 3.42. The molecule has 0 saturated heterocycles. The van der Waals surface area contributed by atoms with Crippen molar-refractivity contribution in [1.29, 1.82) is 0 Å². The number of aryl methyl sites for hydroxylation is 2. The maximum absolute atomic E-state index is 11.1. The van der Waals surface area contributed by atoms with Gasteiger partial charge in [-0.2, -0.15) is 0 Å². The van der Waals surface area contributed by atoms with Gasteiger partial charge in [0.25, 0.3) is 0 Å². The standard InChI is InChI=1S/C15H17N3OS/c1-9(19)17-15-18-13(14(16)20-15)12-7-6-10-4-2-3-5-11(10)8-12/h6-8H,2-5,16H2,1H3,(H,17,18,19). The monoisotopic (exact) mass is 287 g/mol. The van der Waals surface area contributed by atoms with Crippen molar-refractivity contribution in [2.45, 2.75) is 32.6 Å². The van der Waals surface area contributed by atoms with E-state index in [1.807, 2.05) is 0 Å². The molecule has 0 bridgehead atoms. The molecular weight excluding hydrogens is 270 g/mol. The van der Waals surface area contributed by atoms with Crippen LogP contribution in [-0.2, 0) is 17.6 Å². The van der Waals surface area contributed by atoms with Gasteiger partial charge in [0.1, 0.15) is 10.7 Å². The molecule has 0 aliphatic heterocycles. The SMILES string of the molecule is CC(=O)Nc1nc(-c2ccc3c(c2)CCCC3)c(N)s1. The first-order chi connectivity index (χ1) is 9.63. The maximum Gasteiger partial charge on any atom is 0.223 e. The van der Waals surface area contributed by atoms with Crippen LogP contribution in [0.25, 0.3) is 11.3 Å². The molecule has 1 amide bonds. The van der Waals surface area contributed by atoms with Gasteiger partial charge in [0.15, 0.2) is 5.13 Å². The van der Waals surface area contributed by atoms with E-state index in [9.17, 15) is 4.79 Å². The topological polar surface area (TPSA) is 68.0 Å². The number of nitrogens with zero attached hydrogens (tertiary/aromatic N) is 1. The Balaban J connectivity index is 1.96. The average Bonchev–Trinajstić information content (AvgIpc) is 2.78. The summed E-state index contributed by atoms with van der Waals surface area (Å²) in [6.45, 7) is 1.47. The number of thiazole rings is 1. The van der Waals surface area contributed by atoms with Gasteiger partial charge in [0, 0.05) is 12.5 Å². The molecule has 1 heterocycles. The van der Waals surface area contributed by atoms with Crippen LogP contribution in [-0.4, -0.2) is 10.9 Å². The molecule has 3 N–H and O–H groups in total. The first kappa shape index (κ1) is 13.1. The second kappa shape index (κ2) is 5.25. The lowest BCUT2D eigenvalue weighted by molar-refractivity contribution is -0.114. The molecule has 1 aliphatic rings. The number of nitrogens with one attached hydrogen (secondary N) is 1. The summed E-state index contributed by atoms with van der Waals surface area (Å²) in [7, 11) is 0. The van der Waals surface area contributed by atoms with Gasteiger partial charge in [-0.15, -0.1) is 0 Å². The molecule has 104 valence electrons. The van der Waals surface area contributed by atoms with E-state index in [4.69, 9.17) is 5.73 Å². The normalized spacial score (nSPS) is 13.8. The highest BCUT2D eigenvalue weighted by Crippen LogP contribution is 2.35. The number of anilines is 2. The minimum atomic E-state index is -0.129. The van der Waals surface area contributed by atoms with Gasteiger partial charge in [-0.05, 0) is 42.9 Å². The van der Waals surface area contributed by atoms with Crippen LogP contribution in [0.5, 0.6) is 0 Å². The number of nitrogens with two attached hydrogens (primary N) is 1. The Morgan fingerprint density at radius 2 is 2.05 bits per heavy atom. The van der Waals surface area contributed by atoms with Crippen LogP contribution in [0, 0.1) is 0 Å².